The third-order valence-corrected chi connectivity index (χ3v) is 9.36. The molecule has 1 unspecified atom stereocenters. The lowest BCUT2D eigenvalue weighted by molar-refractivity contribution is -0.143. The van der Waals surface area contributed by atoms with Crippen molar-refractivity contribution < 1.29 is 33.4 Å². The zero-order chi connectivity index (χ0) is 36.5. The quantitative estimate of drug-likeness (QED) is 0.150. The Kier molecular flexibility index (Phi) is 16.2. The van der Waals surface area contributed by atoms with Crippen LogP contribution >= 0.6 is 24.8 Å². The monoisotopic (exact) mass is 771 g/mol. The first-order valence-corrected chi connectivity index (χ1v) is 17.6. The minimum Gasteiger partial charge on any atom is -0.495 e. The standard InChI is InChI=1S/C39H49N5O7.2ClH/c1-6-50-39(48)32-25-29-28(11-10-12-30(29)40-32)37(46)41-31-16-15-27(24-34(31)49-5)38(47)43(4)33-17-14-26(2)23-35(33)51-22-9-7-8-13-36(45)44-20-18-42(3)19-21-44;;/h10-12,14-17,23-24,32,40H,6-9,13,18-22,25H2,1-5H3,(H,41,46);2*1H. The van der Waals surface area contributed by atoms with Crippen molar-refractivity contribution in [1.29, 1.82) is 0 Å². The summed E-state index contributed by atoms with van der Waals surface area (Å²) in [5.41, 5.74) is 4.27. The summed E-state index contributed by atoms with van der Waals surface area (Å²) in [6, 6.07) is 15.3. The molecule has 5 rings (SSSR count). The van der Waals surface area contributed by atoms with Crippen LogP contribution in [0.15, 0.2) is 54.6 Å². The van der Waals surface area contributed by atoms with E-state index in [1.165, 1.54) is 12.0 Å². The van der Waals surface area contributed by atoms with Crippen molar-refractivity contribution in [2.75, 3.05) is 76.1 Å². The Morgan fingerprint density at radius 3 is 2.42 bits per heavy atom. The van der Waals surface area contributed by atoms with Gasteiger partial charge in [0.25, 0.3) is 11.8 Å². The van der Waals surface area contributed by atoms with Gasteiger partial charge in [0, 0.05) is 62.9 Å². The number of anilines is 3. The number of benzene rings is 3. The number of esters is 1. The van der Waals surface area contributed by atoms with E-state index in [1.807, 2.05) is 36.1 Å². The van der Waals surface area contributed by atoms with Crippen LogP contribution in [-0.2, 0) is 20.7 Å². The maximum atomic E-state index is 13.7. The highest BCUT2D eigenvalue weighted by Gasteiger charge is 2.31. The Morgan fingerprint density at radius 1 is 0.943 bits per heavy atom. The Balaban J connectivity index is 0.00000378. The van der Waals surface area contributed by atoms with E-state index in [0.717, 1.165) is 56.6 Å². The fourth-order valence-electron chi connectivity index (χ4n) is 6.37. The zero-order valence-corrected chi connectivity index (χ0v) is 32.7. The number of carbonyl (C=O) groups excluding carboxylic acids is 4. The maximum absolute atomic E-state index is 13.7. The Hall–Kier alpha value is -4.52. The van der Waals surface area contributed by atoms with Crippen molar-refractivity contribution >= 4 is 65.6 Å². The summed E-state index contributed by atoms with van der Waals surface area (Å²) in [6.45, 7) is 7.90. The van der Waals surface area contributed by atoms with Gasteiger partial charge in [0.2, 0.25) is 5.91 Å². The van der Waals surface area contributed by atoms with E-state index in [-0.39, 0.29) is 55.1 Å². The molecule has 0 aromatic heterocycles. The van der Waals surface area contributed by atoms with Gasteiger partial charge in [-0.05, 0) is 93.7 Å². The predicted octanol–water partition coefficient (Wildman–Crippen LogP) is 5.99. The van der Waals surface area contributed by atoms with E-state index in [9.17, 15) is 19.2 Å². The zero-order valence-electron chi connectivity index (χ0n) is 31.1. The molecule has 0 aliphatic carbocycles. The number of likely N-dealkylation sites (N-methyl/N-ethyl adjacent to an activating group) is 1. The van der Waals surface area contributed by atoms with Gasteiger partial charge in [0.15, 0.2) is 0 Å². The van der Waals surface area contributed by atoms with Crippen LogP contribution in [0.25, 0.3) is 0 Å². The SMILES string of the molecule is CCOC(=O)C1Cc2c(cccc2C(=O)Nc2ccc(C(=O)N(C)c3ccc(C)cc3OCCCCCC(=O)N3CCN(C)CC3)cc2OC)N1.Cl.Cl. The van der Waals surface area contributed by atoms with E-state index >= 15 is 0 Å². The molecule has 3 amide bonds. The molecule has 288 valence electrons. The average molecular weight is 773 g/mol. The first-order chi connectivity index (χ1) is 24.6. The number of nitrogens with one attached hydrogen (secondary N) is 2. The normalized spacial score (nSPS) is 14.8. The molecular weight excluding hydrogens is 721 g/mol. The predicted molar refractivity (Wildman–Crippen MR) is 212 cm³/mol. The van der Waals surface area contributed by atoms with Gasteiger partial charge < -0.3 is 39.5 Å². The summed E-state index contributed by atoms with van der Waals surface area (Å²) in [6.07, 6.45) is 3.35. The van der Waals surface area contributed by atoms with Crippen LogP contribution in [0.3, 0.4) is 0 Å². The van der Waals surface area contributed by atoms with Crippen molar-refractivity contribution in [3.05, 3.63) is 76.9 Å². The lowest BCUT2D eigenvalue weighted by Gasteiger charge is -2.32. The summed E-state index contributed by atoms with van der Waals surface area (Å²) in [4.78, 5) is 57.8. The second-order valence-corrected chi connectivity index (χ2v) is 13.0. The molecule has 0 spiro atoms. The van der Waals surface area contributed by atoms with Crippen LogP contribution in [0.1, 0.15) is 64.4 Å². The lowest BCUT2D eigenvalue weighted by atomic mass is 10.0. The second-order valence-electron chi connectivity index (χ2n) is 13.0. The van der Waals surface area contributed by atoms with Crippen LogP contribution in [0.2, 0.25) is 0 Å². The van der Waals surface area contributed by atoms with Crippen LogP contribution < -0.4 is 25.0 Å². The smallest absolute Gasteiger partial charge is 0.328 e. The third kappa shape index (κ3) is 10.8. The Labute approximate surface area is 324 Å². The topological polar surface area (TPSA) is 130 Å². The third-order valence-electron chi connectivity index (χ3n) is 9.36. The summed E-state index contributed by atoms with van der Waals surface area (Å²) >= 11 is 0. The number of aryl methyl sites for hydroxylation is 1. The molecule has 1 saturated heterocycles. The van der Waals surface area contributed by atoms with Crippen molar-refractivity contribution in [3.8, 4) is 11.5 Å². The van der Waals surface area contributed by atoms with Crippen LogP contribution in [-0.4, -0.2) is 100 Å². The fourth-order valence-corrected chi connectivity index (χ4v) is 6.37. The van der Waals surface area contributed by atoms with Gasteiger partial charge in [-0.2, -0.15) is 0 Å². The molecule has 1 fully saturated rings. The minimum absolute atomic E-state index is 0. The first kappa shape index (κ1) is 42.9. The highest BCUT2D eigenvalue weighted by molar-refractivity contribution is 6.09. The molecule has 2 heterocycles. The van der Waals surface area contributed by atoms with E-state index in [1.54, 1.807) is 44.3 Å². The molecule has 2 aliphatic rings. The van der Waals surface area contributed by atoms with Crippen LogP contribution in [0.5, 0.6) is 11.5 Å². The van der Waals surface area contributed by atoms with Gasteiger partial charge in [-0.3, -0.25) is 14.4 Å². The van der Waals surface area contributed by atoms with Gasteiger partial charge >= 0.3 is 5.97 Å². The van der Waals surface area contributed by atoms with Gasteiger partial charge in [-0.15, -0.1) is 24.8 Å². The number of rotatable bonds is 14. The van der Waals surface area contributed by atoms with Crippen molar-refractivity contribution in [3.63, 3.8) is 0 Å². The number of hydrogen-bond donors (Lipinski definition) is 2. The number of unbranched alkanes of at least 4 members (excludes halogenated alkanes) is 2. The molecule has 0 bridgehead atoms. The van der Waals surface area contributed by atoms with Crippen LogP contribution in [0.4, 0.5) is 17.1 Å². The Morgan fingerprint density at radius 2 is 1.70 bits per heavy atom. The average Bonchev–Trinajstić information content (AvgIpc) is 3.58. The Bertz CT molecular complexity index is 1750. The second kappa shape index (κ2) is 20.1. The van der Waals surface area contributed by atoms with E-state index in [0.29, 0.717) is 59.1 Å². The summed E-state index contributed by atoms with van der Waals surface area (Å²) in [5.74, 6) is 0.140. The number of nitrogens with zero attached hydrogens (tertiary/aromatic N) is 3. The molecule has 0 radical (unpaired) electrons. The number of carbonyl (C=O) groups is 4. The molecule has 2 N–H and O–H groups in total. The van der Waals surface area contributed by atoms with Gasteiger partial charge in [0.05, 0.1) is 31.7 Å². The molecule has 1 atom stereocenters. The minimum atomic E-state index is -0.556. The number of fused-ring (bicyclic) bond motifs is 1. The molecule has 3 aromatic rings. The molecular formula is C39H51Cl2N5O7. The number of hydrogen-bond acceptors (Lipinski definition) is 9. The van der Waals surface area contributed by atoms with E-state index < -0.39 is 6.04 Å². The highest BCUT2D eigenvalue weighted by Crippen LogP contribution is 2.34. The number of ether oxygens (including phenoxy) is 3. The first-order valence-electron chi connectivity index (χ1n) is 17.6. The van der Waals surface area contributed by atoms with Crippen molar-refractivity contribution in [1.82, 2.24) is 9.80 Å². The largest absolute Gasteiger partial charge is 0.495 e. The number of methoxy groups -OCH3 is 1. The van der Waals surface area contributed by atoms with E-state index in [2.05, 4.69) is 22.6 Å². The summed E-state index contributed by atoms with van der Waals surface area (Å²) < 4.78 is 16.9. The maximum Gasteiger partial charge on any atom is 0.328 e. The number of amides is 3. The fraction of sp³-hybridized carbons (Fsp3) is 0.436. The summed E-state index contributed by atoms with van der Waals surface area (Å²) in [5, 5.41) is 6.05. The van der Waals surface area contributed by atoms with E-state index in [4.69, 9.17) is 14.2 Å². The number of halogens is 2. The molecule has 3 aromatic carbocycles. The van der Waals surface area contributed by atoms with Gasteiger partial charge in [0.1, 0.15) is 17.5 Å². The van der Waals surface area contributed by atoms with Gasteiger partial charge in [-0.25, -0.2) is 4.79 Å². The molecule has 53 heavy (non-hydrogen) atoms. The highest BCUT2D eigenvalue weighted by atomic mass is 35.5. The van der Waals surface area contributed by atoms with Crippen LogP contribution in [0, 0.1) is 6.92 Å². The van der Waals surface area contributed by atoms with Crippen molar-refractivity contribution in [2.45, 2.75) is 52.0 Å². The summed E-state index contributed by atoms with van der Waals surface area (Å²) in [7, 11) is 5.25. The molecule has 2 aliphatic heterocycles. The molecule has 14 heteroatoms. The molecule has 12 nitrogen and oxygen atoms in total. The van der Waals surface area contributed by atoms with Crippen molar-refractivity contribution in [2.24, 2.45) is 0 Å². The molecule has 0 saturated carbocycles. The van der Waals surface area contributed by atoms with Gasteiger partial charge in [-0.1, -0.05) is 12.1 Å². The lowest BCUT2D eigenvalue weighted by Crippen LogP contribution is -2.47. The number of piperazine rings is 1.